The van der Waals surface area contributed by atoms with Gasteiger partial charge in [0.25, 0.3) is 0 Å². The molecule has 2 aliphatic rings. The van der Waals surface area contributed by atoms with Crippen molar-refractivity contribution in [1.82, 2.24) is 15.1 Å². The largest absolute Gasteiger partial charge is 0.405 e. The molecular formula is C18H22F3N5O3. The van der Waals surface area contributed by atoms with Crippen LogP contribution in [-0.2, 0) is 9.59 Å². The lowest BCUT2D eigenvalue weighted by Crippen LogP contribution is -2.59. The molecule has 1 aromatic carbocycles. The quantitative estimate of drug-likeness (QED) is 0.776. The molecule has 0 saturated carbocycles. The van der Waals surface area contributed by atoms with Gasteiger partial charge in [-0.1, -0.05) is 0 Å². The van der Waals surface area contributed by atoms with Crippen LogP contribution in [0, 0.1) is 0 Å². The van der Waals surface area contributed by atoms with Crippen molar-refractivity contribution in [3.63, 3.8) is 0 Å². The van der Waals surface area contributed by atoms with Gasteiger partial charge in [-0.3, -0.25) is 24.7 Å². The Balaban J connectivity index is 1.59. The minimum absolute atomic E-state index is 0.149. The molecule has 0 aromatic heterocycles. The molecule has 0 spiro atoms. The van der Waals surface area contributed by atoms with E-state index in [-0.39, 0.29) is 38.5 Å². The SMILES string of the molecule is CN1CCN(CC(=O)Nc2ccc(N3CCC(=O)NC3=O)cc2)C(C(F)(F)F)C1. The van der Waals surface area contributed by atoms with E-state index in [0.717, 1.165) is 4.90 Å². The van der Waals surface area contributed by atoms with E-state index < -0.39 is 24.2 Å². The summed E-state index contributed by atoms with van der Waals surface area (Å²) in [5, 5.41) is 4.80. The number of amides is 4. The van der Waals surface area contributed by atoms with Gasteiger partial charge in [-0.2, -0.15) is 13.2 Å². The van der Waals surface area contributed by atoms with Crippen LogP contribution in [0.25, 0.3) is 0 Å². The summed E-state index contributed by atoms with van der Waals surface area (Å²) >= 11 is 0. The normalized spacial score (nSPS) is 21.8. The standard InChI is InChI=1S/C18H22F3N5O3/c1-24-8-9-25(14(10-24)18(19,20)21)11-16(28)22-12-2-4-13(5-3-12)26-7-6-15(27)23-17(26)29/h2-5,14H,6-11H2,1H3,(H,22,28)(H,23,27,29). The van der Waals surface area contributed by atoms with Crippen molar-refractivity contribution in [3.05, 3.63) is 24.3 Å². The van der Waals surface area contributed by atoms with Crippen molar-refractivity contribution in [2.45, 2.75) is 18.6 Å². The van der Waals surface area contributed by atoms with E-state index in [1.54, 1.807) is 36.2 Å². The number of hydrogen-bond acceptors (Lipinski definition) is 5. The molecule has 2 aliphatic heterocycles. The zero-order valence-electron chi connectivity index (χ0n) is 15.8. The lowest BCUT2D eigenvalue weighted by molar-refractivity contribution is -0.195. The van der Waals surface area contributed by atoms with Gasteiger partial charge in [-0.15, -0.1) is 0 Å². The monoisotopic (exact) mass is 413 g/mol. The molecule has 0 radical (unpaired) electrons. The highest BCUT2D eigenvalue weighted by atomic mass is 19.4. The van der Waals surface area contributed by atoms with Crippen molar-refractivity contribution in [1.29, 1.82) is 0 Å². The highest BCUT2D eigenvalue weighted by molar-refractivity contribution is 6.05. The van der Waals surface area contributed by atoms with Gasteiger partial charge in [0.05, 0.1) is 6.54 Å². The topological polar surface area (TPSA) is 85.0 Å². The second-order valence-corrected chi connectivity index (χ2v) is 7.14. The number of urea groups is 1. The van der Waals surface area contributed by atoms with Crippen LogP contribution in [-0.4, -0.2) is 79.6 Å². The van der Waals surface area contributed by atoms with Crippen molar-refractivity contribution < 1.29 is 27.6 Å². The summed E-state index contributed by atoms with van der Waals surface area (Å²) in [6.07, 6.45) is -4.22. The molecule has 2 saturated heterocycles. The molecule has 158 valence electrons. The number of nitrogens with one attached hydrogen (secondary N) is 2. The third-order valence-electron chi connectivity index (χ3n) is 4.94. The number of nitrogens with zero attached hydrogens (tertiary/aromatic N) is 3. The lowest BCUT2D eigenvalue weighted by Gasteiger charge is -2.40. The van der Waals surface area contributed by atoms with Crippen LogP contribution < -0.4 is 15.5 Å². The van der Waals surface area contributed by atoms with E-state index in [0.29, 0.717) is 17.9 Å². The molecule has 1 atom stereocenters. The Labute approximate surface area is 165 Å². The summed E-state index contributed by atoms with van der Waals surface area (Å²) < 4.78 is 39.8. The van der Waals surface area contributed by atoms with Gasteiger partial charge >= 0.3 is 12.2 Å². The summed E-state index contributed by atoms with van der Waals surface area (Å²) in [5.74, 6) is -0.880. The summed E-state index contributed by atoms with van der Waals surface area (Å²) in [6, 6.07) is 4.10. The van der Waals surface area contributed by atoms with E-state index in [9.17, 15) is 27.6 Å². The number of halogens is 3. The maximum atomic E-state index is 13.3. The fourth-order valence-electron chi connectivity index (χ4n) is 3.38. The number of rotatable bonds is 4. The summed E-state index contributed by atoms with van der Waals surface area (Å²) in [4.78, 5) is 39.4. The Bertz CT molecular complexity index is 784. The second kappa shape index (κ2) is 8.37. The van der Waals surface area contributed by atoms with E-state index >= 15 is 0 Å². The Morgan fingerprint density at radius 3 is 2.48 bits per heavy atom. The summed E-state index contributed by atoms with van der Waals surface area (Å²) in [5.41, 5.74) is 0.953. The average molecular weight is 413 g/mol. The van der Waals surface area contributed by atoms with Crippen LogP contribution in [0.2, 0.25) is 0 Å². The number of imide groups is 1. The average Bonchev–Trinajstić information content (AvgIpc) is 2.63. The first-order valence-electron chi connectivity index (χ1n) is 9.14. The lowest BCUT2D eigenvalue weighted by atomic mass is 10.1. The molecule has 4 amide bonds. The predicted octanol–water partition coefficient (Wildman–Crippen LogP) is 1.25. The summed E-state index contributed by atoms with van der Waals surface area (Å²) in [6.45, 7) is 0.311. The fourth-order valence-corrected chi connectivity index (χ4v) is 3.38. The summed E-state index contributed by atoms with van der Waals surface area (Å²) in [7, 11) is 1.62. The minimum Gasteiger partial charge on any atom is -0.325 e. The number of piperazine rings is 1. The number of alkyl halides is 3. The Morgan fingerprint density at radius 1 is 1.17 bits per heavy atom. The second-order valence-electron chi connectivity index (χ2n) is 7.14. The van der Waals surface area contributed by atoms with Crippen LogP contribution in [0.4, 0.5) is 29.3 Å². The molecule has 0 aliphatic carbocycles. The number of hydrogen-bond donors (Lipinski definition) is 2. The van der Waals surface area contributed by atoms with Crippen LogP contribution in [0.5, 0.6) is 0 Å². The number of benzene rings is 1. The number of anilines is 2. The van der Waals surface area contributed by atoms with Gasteiger partial charge < -0.3 is 10.2 Å². The Kier molecular flexibility index (Phi) is 6.08. The molecule has 8 nitrogen and oxygen atoms in total. The zero-order chi connectivity index (χ0) is 21.2. The fraction of sp³-hybridized carbons (Fsp3) is 0.500. The molecule has 1 unspecified atom stereocenters. The van der Waals surface area contributed by atoms with Crippen molar-refractivity contribution >= 4 is 29.2 Å². The molecule has 2 N–H and O–H groups in total. The molecule has 1 aromatic rings. The number of carbonyl (C=O) groups is 3. The van der Waals surface area contributed by atoms with Crippen molar-refractivity contribution in [2.75, 3.05) is 50.0 Å². The Morgan fingerprint density at radius 2 is 1.86 bits per heavy atom. The van der Waals surface area contributed by atoms with Crippen molar-refractivity contribution in [3.8, 4) is 0 Å². The highest BCUT2D eigenvalue weighted by Crippen LogP contribution is 2.27. The molecule has 3 rings (SSSR count). The minimum atomic E-state index is -4.41. The Hall–Kier alpha value is -2.66. The maximum Gasteiger partial charge on any atom is 0.405 e. The van der Waals surface area contributed by atoms with E-state index in [2.05, 4.69) is 10.6 Å². The smallest absolute Gasteiger partial charge is 0.325 e. The van der Waals surface area contributed by atoms with Gasteiger partial charge in [-0.05, 0) is 31.3 Å². The van der Waals surface area contributed by atoms with Gasteiger partial charge in [0.15, 0.2) is 0 Å². The zero-order valence-corrected chi connectivity index (χ0v) is 15.8. The molecule has 2 fully saturated rings. The third-order valence-corrected chi connectivity index (χ3v) is 4.94. The first-order valence-corrected chi connectivity index (χ1v) is 9.14. The first kappa shape index (κ1) is 21.1. The van der Waals surface area contributed by atoms with Gasteiger partial charge in [0, 0.05) is 44.0 Å². The van der Waals surface area contributed by atoms with Crippen LogP contribution in [0.1, 0.15) is 6.42 Å². The van der Waals surface area contributed by atoms with Gasteiger partial charge in [0.2, 0.25) is 11.8 Å². The number of likely N-dealkylation sites (N-methyl/N-ethyl adjacent to an activating group) is 1. The van der Waals surface area contributed by atoms with Crippen LogP contribution >= 0.6 is 0 Å². The van der Waals surface area contributed by atoms with Crippen LogP contribution in [0.3, 0.4) is 0 Å². The van der Waals surface area contributed by atoms with Crippen LogP contribution in [0.15, 0.2) is 24.3 Å². The van der Waals surface area contributed by atoms with Gasteiger partial charge in [-0.25, -0.2) is 4.79 Å². The molecule has 29 heavy (non-hydrogen) atoms. The molecule has 11 heteroatoms. The third kappa shape index (κ3) is 5.24. The highest BCUT2D eigenvalue weighted by Gasteiger charge is 2.46. The van der Waals surface area contributed by atoms with E-state index in [1.807, 2.05) is 0 Å². The predicted molar refractivity (Wildman–Crippen MR) is 99.5 cm³/mol. The van der Waals surface area contributed by atoms with Crippen molar-refractivity contribution in [2.24, 2.45) is 0 Å². The molecule has 2 heterocycles. The number of carbonyl (C=O) groups excluding carboxylic acids is 3. The van der Waals surface area contributed by atoms with E-state index in [1.165, 1.54) is 4.90 Å². The molecule has 0 bridgehead atoms. The molecular weight excluding hydrogens is 391 g/mol. The van der Waals surface area contributed by atoms with E-state index in [4.69, 9.17) is 0 Å². The van der Waals surface area contributed by atoms with Gasteiger partial charge in [0.1, 0.15) is 6.04 Å². The first-order chi connectivity index (χ1) is 13.6. The maximum absolute atomic E-state index is 13.3.